The van der Waals surface area contributed by atoms with Gasteiger partial charge in [-0.2, -0.15) is 0 Å². The van der Waals surface area contributed by atoms with Crippen molar-refractivity contribution in [2.75, 3.05) is 0 Å². The lowest BCUT2D eigenvalue weighted by molar-refractivity contribution is -0.687. The molecular weight excluding hydrogens is 188 g/mol. The van der Waals surface area contributed by atoms with E-state index >= 15 is 0 Å². The Morgan fingerprint density at radius 3 is 2.92 bits per heavy atom. The van der Waals surface area contributed by atoms with Crippen LogP contribution in [0.1, 0.15) is 10.4 Å². The molecule has 0 radical (unpaired) electrons. The Bertz CT molecular complexity index is 312. The quantitative estimate of drug-likeness (QED) is 0.416. The van der Waals surface area contributed by atoms with Crippen LogP contribution in [0.2, 0.25) is 0 Å². The summed E-state index contributed by atoms with van der Waals surface area (Å²) < 4.78 is 1.84. The highest BCUT2D eigenvalue weighted by molar-refractivity contribution is 5.92. The first-order chi connectivity index (χ1) is 5.74. The van der Waals surface area contributed by atoms with Crippen molar-refractivity contribution in [1.82, 2.24) is 0 Å². The van der Waals surface area contributed by atoms with E-state index in [9.17, 15) is 4.79 Å². The molecule has 13 heavy (non-hydrogen) atoms. The zero-order chi connectivity index (χ0) is 8.97. The Labute approximate surface area is 83.3 Å². The molecular formula is C9H11ClN2O. The lowest BCUT2D eigenvalue weighted by Crippen LogP contribution is -3.00. The maximum Gasteiger partial charge on any atom is 0.254 e. The topological polar surface area (TPSA) is 47.0 Å². The minimum absolute atomic E-state index is 0. The highest BCUT2D eigenvalue weighted by Crippen LogP contribution is 1.91. The van der Waals surface area contributed by atoms with Crippen LogP contribution < -0.4 is 22.7 Å². The van der Waals surface area contributed by atoms with Gasteiger partial charge in [0.1, 0.15) is 5.56 Å². The van der Waals surface area contributed by atoms with Crippen molar-refractivity contribution in [3.63, 3.8) is 0 Å². The monoisotopic (exact) mass is 198 g/mol. The molecule has 0 fully saturated rings. The van der Waals surface area contributed by atoms with Crippen molar-refractivity contribution in [1.29, 1.82) is 0 Å². The molecule has 1 rings (SSSR count). The zero-order valence-corrected chi connectivity index (χ0v) is 7.87. The molecule has 2 N–H and O–H groups in total. The summed E-state index contributed by atoms with van der Waals surface area (Å²) in [4.78, 5) is 10.7. The lowest BCUT2D eigenvalue weighted by Gasteiger charge is -1.93. The number of nitrogens with two attached hydrogens (primary N) is 1. The molecule has 1 aromatic heterocycles. The van der Waals surface area contributed by atoms with Gasteiger partial charge in [0, 0.05) is 6.07 Å². The van der Waals surface area contributed by atoms with Crippen LogP contribution in [-0.4, -0.2) is 5.91 Å². The molecule has 1 heterocycles. The molecule has 0 aliphatic heterocycles. The first-order valence-corrected chi connectivity index (χ1v) is 3.64. The summed E-state index contributed by atoms with van der Waals surface area (Å²) in [6.07, 6.45) is 5.31. The van der Waals surface area contributed by atoms with Crippen molar-refractivity contribution in [2.24, 2.45) is 5.73 Å². The minimum Gasteiger partial charge on any atom is -1.00 e. The van der Waals surface area contributed by atoms with Gasteiger partial charge in [0.15, 0.2) is 18.9 Å². The number of primary amides is 1. The third kappa shape index (κ3) is 3.25. The SMILES string of the molecule is C=CC[n+]1cccc(C(N)=O)c1.[Cl-]. The van der Waals surface area contributed by atoms with Crippen molar-refractivity contribution < 1.29 is 21.8 Å². The number of pyridine rings is 1. The van der Waals surface area contributed by atoms with Crippen molar-refractivity contribution in [3.8, 4) is 0 Å². The third-order valence-electron chi connectivity index (χ3n) is 1.48. The Morgan fingerprint density at radius 2 is 2.38 bits per heavy atom. The van der Waals surface area contributed by atoms with Gasteiger partial charge in [-0.3, -0.25) is 4.79 Å². The van der Waals surface area contributed by atoms with E-state index in [2.05, 4.69) is 6.58 Å². The normalized spacial score (nSPS) is 8.62. The number of carbonyl (C=O) groups excluding carboxylic acids is 1. The largest absolute Gasteiger partial charge is 1.00 e. The zero-order valence-electron chi connectivity index (χ0n) is 7.11. The molecule has 70 valence electrons. The Kier molecular flexibility index (Phi) is 4.77. The number of hydrogen-bond donors (Lipinski definition) is 1. The van der Waals surface area contributed by atoms with Crippen LogP contribution in [-0.2, 0) is 6.54 Å². The number of hydrogen-bond acceptors (Lipinski definition) is 1. The number of aromatic nitrogens is 1. The van der Waals surface area contributed by atoms with E-state index in [1.165, 1.54) is 0 Å². The number of allylic oxidation sites excluding steroid dienone is 1. The molecule has 0 aliphatic carbocycles. The second kappa shape index (κ2) is 5.32. The summed E-state index contributed by atoms with van der Waals surface area (Å²) in [7, 11) is 0. The van der Waals surface area contributed by atoms with E-state index in [0.717, 1.165) is 0 Å². The third-order valence-corrected chi connectivity index (χ3v) is 1.48. The molecule has 0 atom stereocenters. The van der Waals surface area contributed by atoms with Crippen LogP contribution >= 0.6 is 0 Å². The van der Waals surface area contributed by atoms with E-state index in [1.54, 1.807) is 24.4 Å². The summed E-state index contributed by atoms with van der Waals surface area (Å²) >= 11 is 0. The van der Waals surface area contributed by atoms with Gasteiger partial charge in [0.25, 0.3) is 5.91 Å². The molecule has 0 aliphatic rings. The van der Waals surface area contributed by atoms with Gasteiger partial charge in [0.2, 0.25) is 0 Å². The maximum absolute atomic E-state index is 10.7. The smallest absolute Gasteiger partial charge is 0.254 e. The molecule has 0 spiro atoms. The molecule has 1 amide bonds. The summed E-state index contributed by atoms with van der Waals surface area (Å²) in [5, 5.41) is 0. The van der Waals surface area contributed by atoms with Crippen LogP contribution in [0.25, 0.3) is 0 Å². The van der Waals surface area contributed by atoms with Crippen molar-refractivity contribution in [3.05, 3.63) is 42.7 Å². The summed E-state index contributed by atoms with van der Waals surface area (Å²) in [6.45, 7) is 4.28. The highest BCUT2D eigenvalue weighted by Gasteiger charge is 2.04. The molecule has 0 saturated carbocycles. The fourth-order valence-corrected chi connectivity index (χ4v) is 0.930. The first kappa shape index (κ1) is 11.6. The average molecular weight is 199 g/mol. The Hall–Kier alpha value is -1.35. The van der Waals surface area contributed by atoms with E-state index in [1.807, 2.05) is 10.8 Å². The predicted octanol–water partition coefficient (Wildman–Crippen LogP) is -2.74. The molecule has 0 unspecified atom stereocenters. The van der Waals surface area contributed by atoms with E-state index in [4.69, 9.17) is 5.73 Å². The molecule has 1 aromatic rings. The number of nitrogens with zero attached hydrogens (tertiary/aromatic N) is 1. The van der Waals surface area contributed by atoms with Crippen LogP contribution in [0.15, 0.2) is 37.2 Å². The predicted molar refractivity (Wildman–Crippen MR) is 45.4 cm³/mol. The van der Waals surface area contributed by atoms with E-state index < -0.39 is 5.91 Å². The molecule has 4 heteroatoms. The van der Waals surface area contributed by atoms with E-state index in [0.29, 0.717) is 12.1 Å². The minimum atomic E-state index is -0.409. The summed E-state index contributed by atoms with van der Waals surface area (Å²) in [5.74, 6) is -0.409. The number of amides is 1. The number of carbonyl (C=O) groups is 1. The van der Waals surface area contributed by atoms with Gasteiger partial charge in [-0.15, -0.1) is 0 Å². The molecule has 0 aromatic carbocycles. The lowest BCUT2D eigenvalue weighted by atomic mass is 10.3. The fourth-order valence-electron chi connectivity index (χ4n) is 0.930. The second-order valence-electron chi connectivity index (χ2n) is 2.44. The molecule has 0 saturated heterocycles. The van der Waals surface area contributed by atoms with Gasteiger partial charge in [-0.25, -0.2) is 4.57 Å². The first-order valence-electron chi connectivity index (χ1n) is 3.64. The van der Waals surface area contributed by atoms with Crippen LogP contribution in [0.3, 0.4) is 0 Å². The van der Waals surface area contributed by atoms with Crippen LogP contribution in [0, 0.1) is 0 Å². The van der Waals surface area contributed by atoms with Crippen LogP contribution in [0.4, 0.5) is 0 Å². The van der Waals surface area contributed by atoms with Gasteiger partial charge in [-0.1, -0.05) is 6.58 Å². The maximum atomic E-state index is 10.7. The molecule has 3 nitrogen and oxygen atoms in total. The van der Waals surface area contributed by atoms with Crippen molar-refractivity contribution >= 4 is 5.91 Å². The van der Waals surface area contributed by atoms with Crippen LogP contribution in [0.5, 0.6) is 0 Å². The van der Waals surface area contributed by atoms with Gasteiger partial charge < -0.3 is 18.1 Å². The highest BCUT2D eigenvalue weighted by atomic mass is 35.5. The Balaban J connectivity index is 0.00000144. The second-order valence-corrected chi connectivity index (χ2v) is 2.44. The number of halogens is 1. The summed E-state index contributed by atoms with van der Waals surface area (Å²) in [5.41, 5.74) is 5.61. The Morgan fingerprint density at radius 1 is 1.69 bits per heavy atom. The van der Waals surface area contributed by atoms with Gasteiger partial charge >= 0.3 is 0 Å². The summed E-state index contributed by atoms with van der Waals surface area (Å²) in [6, 6.07) is 3.46. The molecule has 0 bridgehead atoms. The van der Waals surface area contributed by atoms with Gasteiger partial charge in [0.05, 0.1) is 0 Å². The van der Waals surface area contributed by atoms with E-state index in [-0.39, 0.29) is 12.4 Å². The average Bonchev–Trinajstić information content (AvgIpc) is 2.05. The standard InChI is InChI=1S/C9H10N2O.ClH/c1-2-5-11-6-3-4-8(7-11)9(10)12;/h2-4,6-7H,1,5H2,(H-,10,12);1H. The number of rotatable bonds is 3. The fraction of sp³-hybridized carbons (Fsp3) is 0.111. The van der Waals surface area contributed by atoms with Gasteiger partial charge in [-0.05, 0) is 12.1 Å². The van der Waals surface area contributed by atoms with Crippen molar-refractivity contribution in [2.45, 2.75) is 6.54 Å².